The average molecular weight is 449 g/mol. The van der Waals surface area contributed by atoms with Gasteiger partial charge in [0.15, 0.2) is 0 Å². The molecule has 1 N–H and O–H groups in total. The maximum atomic E-state index is 14.0. The normalized spacial score (nSPS) is 15.3. The zero-order valence-corrected chi connectivity index (χ0v) is 19.2. The number of nitrogens with one attached hydrogen (secondary N) is 1. The van der Waals surface area contributed by atoms with Crippen LogP contribution < -0.4 is 5.32 Å². The number of hydrogen-bond acceptors (Lipinski definition) is 2. The molecular formula is C26H29FN4O2. The van der Waals surface area contributed by atoms with E-state index < -0.39 is 6.04 Å². The Balaban J connectivity index is 1.58. The van der Waals surface area contributed by atoms with Crippen molar-refractivity contribution in [1.82, 2.24) is 14.4 Å². The Morgan fingerprint density at radius 1 is 1.09 bits per heavy atom. The van der Waals surface area contributed by atoms with E-state index in [0.717, 1.165) is 11.3 Å². The molecule has 1 atom stereocenters. The van der Waals surface area contributed by atoms with Crippen LogP contribution in [0.5, 0.6) is 0 Å². The fraction of sp³-hybridized carbons (Fsp3) is 0.308. The zero-order chi connectivity index (χ0) is 23.5. The maximum Gasteiger partial charge on any atom is 0.322 e. The number of urea groups is 1. The second-order valence-electron chi connectivity index (χ2n) is 8.64. The van der Waals surface area contributed by atoms with Crippen LogP contribution in [0.2, 0.25) is 0 Å². The van der Waals surface area contributed by atoms with Gasteiger partial charge >= 0.3 is 6.03 Å². The average Bonchev–Trinajstić information content (AvgIpc) is 3.26. The fourth-order valence-electron chi connectivity index (χ4n) is 4.31. The molecule has 7 heteroatoms. The number of aromatic nitrogens is 1. The van der Waals surface area contributed by atoms with Gasteiger partial charge in [-0.3, -0.25) is 4.79 Å². The van der Waals surface area contributed by atoms with E-state index in [0.29, 0.717) is 24.3 Å². The Morgan fingerprint density at radius 3 is 2.61 bits per heavy atom. The molecular weight excluding hydrogens is 419 g/mol. The second kappa shape index (κ2) is 9.48. The van der Waals surface area contributed by atoms with Crippen LogP contribution in [0.1, 0.15) is 36.7 Å². The summed E-state index contributed by atoms with van der Waals surface area (Å²) in [5.74, 6) is -0.518. The van der Waals surface area contributed by atoms with Crippen molar-refractivity contribution in [3.8, 4) is 0 Å². The number of amides is 3. The van der Waals surface area contributed by atoms with Crippen molar-refractivity contribution in [3.05, 3.63) is 89.5 Å². The van der Waals surface area contributed by atoms with Crippen molar-refractivity contribution in [1.29, 1.82) is 0 Å². The van der Waals surface area contributed by atoms with Gasteiger partial charge in [0, 0.05) is 36.7 Å². The molecule has 4 rings (SSSR count). The highest BCUT2D eigenvalue weighted by molar-refractivity contribution is 5.93. The van der Waals surface area contributed by atoms with E-state index in [4.69, 9.17) is 0 Å². The molecule has 3 amide bonds. The summed E-state index contributed by atoms with van der Waals surface area (Å²) < 4.78 is 16.1. The monoisotopic (exact) mass is 448 g/mol. The van der Waals surface area contributed by atoms with Gasteiger partial charge in [0.05, 0.1) is 6.04 Å². The number of benzene rings is 2. The topological polar surface area (TPSA) is 57.6 Å². The molecule has 2 aromatic carbocycles. The van der Waals surface area contributed by atoms with Gasteiger partial charge in [0.2, 0.25) is 5.91 Å². The summed E-state index contributed by atoms with van der Waals surface area (Å²) in [4.78, 5) is 29.9. The van der Waals surface area contributed by atoms with Crippen molar-refractivity contribution in [2.45, 2.75) is 39.4 Å². The summed E-state index contributed by atoms with van der Waals surface area (Å²) in [6.45, 7) is 6.76. The molecule has 0 fully saturated rings. The lowest BCUT2D eigenvalue weighted by Gasteiger charge is -2.39. The van der Waals surface area contributed by atoms with E-state index >= 15 is 0 Å². The quantitative estimate of drug-likeness (QED) is 0.609. The highest BCUT2D eigenvalue weighted by atomic mass is 19.1. The number of aryl methyl sites for hydroxylation is 1. The smallest absolute Gasteiger partial charge is 0.322 e. The van der Waals surface area contributed by atoms with Crippen molar-refractivity contribution in [3.63, 3.8) is 0 Å². The second-order valence-corrected chi connectivity index (χ2v) is 8.64. The fourth-order valence-corrected chi connectivity index (χ4v) is 4.31. The molecule has 1 unspecified atom stereocenters. The Hall–Kier alpha value is -3.61. The largest absolute Gasteiger partial charge is 0.348 e. The predicted molar refractivity (Wildman–Crippen MR) is 126 cm³/mol. The molecule has 0 spiro atoms. The van der Waals surface area contributed by atoms with Crippen LogP contribution in [0.15, 0.2) is 66.9 Å². The summed E-state index contributed by atoms with van der Waals surface area (Å²) in [7, 11) is 0. The maximum absolute atomic E-state index is 14.0. The Bertz CT molecular complexity index is 1160. The van der Waals surface area contributed by atoms with E-state index in [9.17, 15) is 14.0 Å². The summed E-state index contributed by atoms with van der Waals surface area (Å²) in [5, 5.41) is 2.92. The Morgan fingerprint density at radius 2 is 1.88 bits per heavy atom. The van der Waals surface area contributed by atoms with E-state index in [1.54, 1.807) is 11.0 Å². The molecule has 33 heavy (non-hydrogen) atoms. The number of nitrogens with zero attached hydrogens (tertiary/aromatic N) is 3. The van der Waals surface area contributed by atoms with Crippen LogP contribution in [0.4, 0.5) is 14.9 Å². The molecule has 6 nitrogen and oxygen atoms in total. The van der Waals surface area contributed by atoms with Crippen molar-refractivity contribution in [2.75, 3.05) is 18.4 Å². The van der Waals surface area contributed by atoms with Gasteiger partial charge in [0.1, 0.15) is 12.4 Å². The SMILES string of the molecule is Cc1ccccc1NC(=O)N(CC(=O)N1CCn2cccc2C1c1cccc(F)c1)C(C)C. The molecule has 0 saturated heterocycles. The van der Waals surface area contributed by atoms with Crippen LogP contribution in [-0.2, 0) is 11.3 Å². The van der Waals surface area contributed by atoms with Crippen molar-refractivity contribution >= 4 is 17.6 Å². The highest BCUT2D eigenvalue weighted by Gasteiger charge is 2.34. The predicted octanol–water partition coefficient (Wildman–Crippen LogP) is 4.81. The molecule has 1 aromatic heterocycles. The number of halogens is 1. The third kappa shape index (κ3) is 4.77. The minimum atomic E-state index is -0.412. The van der Waals surface area contributed by atoms with Crippen LogP contribution in [0.3, 0.4) is 0 Å². The first-order valence-electron chi connectivity index (χ1n) is 11.2. The summed E-state index contributed by atoms with van der Waals surface area (Å²) in [5.41, 5.74) is 3.31. The summed E-state index contributed by atoms with van der Waals surface area (Å²) in [6.07, 6.45) is 1.97. The first kappa shape index (κ1) is 22.6. The molecule has 3 aromatic rings. The van der Waals surface area contributed by atoms with Gasteiger partial charge in [-0.25, -0.2) is 9.18 Å². The van der Waals surface area contributed by atoms with E-state index in [-0.39, 0.29) is 30.3 Å². The first-order valence-corrected chi connectivity index (χ1v) is 11.2. The van der Waals surface area contributed by atoms with Gasteiger partial charge in [0.25, 0.3) is 0 Å². The third-order valence-corrected chi connectivity index (χ3v) is 6.10. The Labute approximate surface area is 193 Å². The van der Waals surface area contributed by atoms with Gasteiger partial charge < -0.3 is 19.7 Å². The molecule has 1 aliphatic rings. The van der Waals surface area contributed by atoms with Crippen LogP contribution in [0.25, 0.3) is 0 Å². The number of hydrogen-bond donors (Lipinski definition) is 1. The molecule has 1 aliphatic heterocycles. The lowest BCUT2D eigenvalue weighted by Crippen LogP contribution is -2.50. The molecule has 172 valence electrons. The molecule has 0 aliphatic carbocycles. The Kier molecular flexibility index (Phi) is 6.49. The summed E-state index contributed by atoms with van der Waals surface area (Å²) >= 11 is 0. The van der Waals surface area contributed by atoms with Gasteiger partial charge in [-0.15, -0.1) is 0 Å². The van der Waals surface area contributed by atoms with Crippen LogP contribution in [0, 0.1) is 12.7 Å². The van der Waals surface area contributed by atoms with Crippen molar-refractivity contribution < 1.29 is 14.0 Å². The number of carbonyl (C=O) groups is 2. The van der Waals surface area contributed by atoms with E-state index in [1.807, 2.05) is 69.4 Å². The number of rotatable bonds is 5. The first-order chi connectivity index (χ1) is 15.8. The third-order valence-electron chi connectivity index (χ3n) is 6.10. The van der Waals surface area contributed by atoms with Gasteiger partial charge in [-0.05, 0) is 62.2 Å². The number of para-hydroxylation sites is 1. The van der Waals surface area contributed by atoms with Gasteiger partial charge in [-0.2, -0.15) is 0 Å². The molecule has 0 radical (unpaired) electrons. The molecule has 2 heterocycles. The number of fused-ring (bicyclic) bond motifs is 1. The number of anilines is 1. The van der Waals surface area contributed by atoms with Crippen LogP contribution in [-0.4, -0.2) is 45.4 Å². The van der Waals surface area contributed by atoms with E-state index in [2.05, 4.69) is 9.88 Å². The van der Waals surface area contributed by atoms with Crippen molar-refractivity contribution in [2.24, 2.45) is 0 Å². The number of carbonyl (C=O) groups excluding carboxylic acids is 2. The lowest BCUT2D eigenvalue weighted by molar-refractivity contribution is -0.134. The highest BCUT2D eigenvalue weighted by Crippen LogP contribution is 2.33. The summed E-state index contributed by atoms with van der Waals surface area (Å²) in [6, 6.07) is 16.9. The minimum Gasteiger partial charge on any atom is -0.348 e. The van der Waals surface area contributed by atoms with Gasteiger partial charge in [-0.1, -0.05) is 30.3 Å². The molecule has 0 bridgehead atoms. The zero-order valence-electron chi connectivity index (χ0n) is 19.2. The van der Waals surface area contributed by atoms with Crippen LogP contribution >= 0.6 is 0 Å². The minimum absolute atomic E-state index is 0.0676. The molecule has 0 saturated carbocycles. The lowest BCUT2D eigenvalue weighted by atomic mass is 9.99. The van der Waals surface area contributed by atoms with E-state index in [1.165, 1.54) is 17.0 Å². The standard InChI is InChI=1S/C26H29FN4O2/c1-18(2)31(26(33)28-22-11-5-4-8-19(22)3)17-24(32)30-15-14-29-13-7-12-23(29)25(30)20-9-6-10-21(27)16-20/h4-13,16,18,25H,14-15,17H2,1-3H3,(H,28,33).